The highest BCUT2D eigenvalue weighted by atomic mass is 19.4. The molecule has 0 fully saturated rings. The van der Waals surface area contributed by atoms with Gasteiger partial charge in [0.15, 0.2) is 5.69 Å². The van der Waals surface area contributed by atoms with Crippen molar-refractivity contribution in [2.75, 3.05) is 7.11 Å². The highest BCUT2D eigenvalue weighted by Crippen LogP contribution is 2.27. The van der Waals surface area contributed by atoms with Gasteiger partial charge < -0.3 is 4.74 Å². The Hall–Kier alpha value is -2.12. The van der Waals surface area contributed by atoms with E-state index in [2.05, 4.69) is 15.1 Å². The molecular weight excluding hydrogens is 249 g/mol. The number of ether oxygens (including phenoxy) is 1. The van der Waals surface area contributed by atoms with Gasteiger partial charge in [0.2, 0.25) is 5.88 Å². The monoisotopic (exact) mass is 258 g/mol. The van der Waals surface area contributed by atoms with Crippen molar-refractivity contribution in [3.05, 3.63) is 29.7 Å². The van der Waals surface area contributed by atoms with E-state index in [-0.39, 0.29) is 11.8 Å². The molecule has 2 aromatic heterocycles. The fourth-order valence-electron chi connectivity index (χ4n) is 1.32. The van der Waals surface area contributed by atoms with E-state index in [1.54, 1.807) is 13.0 Å². The third-order valence-corrected chi connectivity index (χ3v) is 2.11. The number of rotatable bonds is 2. The van der Waals surface area contributed by atoms with Crippen molar-refractivity contribution in [1.29, 1.82) is 0 Å². The number of aryl methyl sites for hydroxylation is 1. The van der Waals surface area contributed by atoms with Gasteiger partial charge >= 0.3 is 6.18 Å². The Bertz CT molecular complexity index is 564. The summed E-state index contributed by atoms with van der Waals surface area (Å²) in [5.74, 6) is 0.295. The van der Waals surface area contributed by atoms with Crippen molar-refractivity contribution in [1.82, 2.24) is 19.7 Å². The van der Waals surface area contributed by atoms with Gasteiger partial charge in [-0.3, -0.25) is 0 Å². The van der Waals surface area contributed by atoms with Gasteiger partial charge in [-0.2, -0.15) is 23.3 Å². The van der Waals surface area contributed by atoms with Crippen LogP contribution in [0, 0.1) is 6.92 Å². The average Bonchev–Trinajstić information content (AvgIpc) is 2.77. The molecule has 0 aliphatic rings. The summed E-state index contributed by atoms with van der Waals surface area (Å²) in [5.41, 5.74) is -0.424. The van der Waals surface area contributed by atoms with E-state index in [1.807, 2.05) is 0 Å². The molecule has 0 unspecified atom stereocenters. The molecule has 96 valence electrons. The number of hydrogen-bond acceptors (Lipinski definition) is 4. The Balaban J connectivity index is 2.43. The lowest BCUT2D eigenvalue weighted by atomic mass is 10.4. The fourth-order valence-corrected chi connectivity index (χ4v) is 1.32. The molecule has 0 aliphatic carbocycles. The van der Waals surface area contributed by atoms with Crippen LogP contribution in [0.5, 0.6) is 5.88 Å². The normalized spacial score (nSPS) is 11.6. The number of nitrogens with zero attached hydrogens (tertiary/aromatic N) is 4. The minimum Gasteiger partial charge on any atom is -0.481 e. The molecule has 2 heterocycles. The van der Waals surface area contributed by atoms with Crippen LogP contribution in [-0.2, 0) is 6.18 Å². The van der Waals surface area contributed by atoms with Crippen LogP contribution in [0.3, 0.4) is 0 Å². The van der Waals surface area contributed by atoms with Crippen LogP contribution in [0.1, 0.15) is 11.4 Å². The summed E-state index contributed by atoms with van der Waals surface area (Å²) in [6, 6.07) is 2.43. The van der Waals surface area contributed by atoms with E-state index in [0.29, 0.717) is 5.69 Å². The van der Waals surface area contributed by atoms with Gasteiger partial charge in [0.05, 0.1) is 7.11 Å². The third-order valence-electron chi connectivity index (χ3n) is 2.11. The number of halogens is 3. The van der Waals surface area contributed by atoms with Crippen LogP contribution in [0.25, 0.3) is 5.95 Å². The smallest absolute Gasteiger partial charge is 0.435 e. The highest BCUT2D eigenvalue weighted by molar-refractivity contribution is 5.22. The summed E-state index contributed by atoms with van der Waals surface area (Å²) >= 11 is 0. The second-order valence-corrected chi connectivity index (χ2v) is 3.49. The summed E-state index contributed by atoms with van der Waals surface area (Å²) in [4.78, 5) is 7.91. The quantitative estimate of drug-likeness (QED) is 0.826. The molecule has 2 rings (SSSR count). The second kappa shape index (κ2) is 4.28. The van der Waals surface area contributed by atoms with Gasteiger partial charge in [-0.15, -0.1) is 0 Å². The van der Waals surface area contributed by atoms with Crippen molar-refractivity contribution in [3.8, 4) is 11.8 Å². The Morgan fingerprint density at radius 2 is 2.00 bits per heavy atom. The van der Waals surface area contributed by atoms with E-state index in [1.165, 1.54) is 7.11 Å². The minimum absolute atomic E-state index is 0.0300. The van der Waals surface area contributed by atoms with Gasteiger partial charge in [0.1, 0.15) is 0 Å². The van der Waals surface area contributed by atoms with Crippen LogP contribution in [-0.4, -0.2) is 26.9 Å². The molecule has 0 radical (unpaired) electrons. The summed E-state index contributed by atoms with van der Waals surface area (Å²) in [6.45, 7) is 1.68. The predicted octanol–water partition coefficient (Wildman–Crippen LogP) is 2.00. The number of aromatic nitrogens is 4. The van der Waals surface area contributed by atoms with E-state index < -0.39 is 11.9 Å². The molecule has 0 bridgehead atoms. The summed E-state index contributed by atoms with van der Waals surface area (Å²) < 4.78 is 43.1. The SMILES string of the molecule is COc1cc(C)nc(-n2ccc(C(F)(F)F)n2)n1. The number of methoxy groups -OCH3 is 1. The lowest BCUT2D eigenvalue weighted by Crippen LogP contribution is -2.09. The molecule has 0 atom stereocenters. The standard InChI is InChI=1S/C10H9F3N4O/c1-6-5-8(18-2)15-9(14-6)17-4-3-7(16-17)10(11,12)13/h3-5H,1-2H3. The van der Waals surface area contributed by atoms with Crippen LogP contribution in [0.2, 0.25) is 0 Å². The molecule has 0 aliphatic heterocycles. The van der Waals surface area contributed by atoms with Gasteiger partial charge in [-0.25, -0.2) is 9.67 Å². The van der Waals surface area contributed by atoms with Crippen molar-refractivity contribution >= 4 is 0 Å². The zero-order valence-electron chi connectivity index (χ0n) is 9.56. The van der Waals surface area contributed by atoms with Gasteiger partial charge in [-0.1, -0.05) is 0 Å². The maximum atomic E-state index is 12.4. The van der Waals surface area contributed by atoms with Crippen LogP contribution < -0.4 is 4.74 Å². The number of hydrogen-bond donors (Lipinski definition) is 0. The molecule has 2 aromatic rings. The Morgan fingerprint density at radius 1 is 1.28 bits per heavy atom. The van der Waals surface area contributed by atoms with E-state index >= 15 is 0 Å². The molecule has 8 heteroatoms. The first-order valence-corrected chi connectivity index (χ1v) is 4.93. The molecule has 0 amide bonds. The van der Waals surface area contributed by atoms with Crippen LogP contribution >= 0.6 is 0 Å². The second-order valence-electron chi connectivity index (χ2n) is 3.49. The van der Waals surface area contributed by atoms with Crippen molar-refractivity contribution in [3.63, 3.8) is 0 Å². The van der Waals surface area contributed by atoms with Gasteiger partial charge in [-0.05, 0) is 13.0 Å². The molecule has 0 N–H and O–H groups in total. The van der Waals surface area contributed by atoms with E-state index in [0.717, 1.165) is 16.9 Å². The summed E-state index contributed by atoms with van der Waals surface area (Å²) in [5, 5.41) is 3.38. The lowest BCUT2D eigenvalue weighted by molar-refractivity contribution is -0.141. The topological polar surface area (TPSA) is 52.8 Å². The molecule has 0 spiro atoms. The molecule has 18 heavy (non-hydrogen) atoms. The first-order chi connectivity index (χ1) is 8.40. The largest absolute Gasteiger partial charge is 0.481 e. The Kier molecular flexibility index (Phi) is 2.93. The van der Waals surface area contributed by atoms with E-state index in [4.69, 9.17) is 4.74 Å². The lowest BCUT2D eigenvalue weighted by Gasteiger charge is -2.04. The Morgan fingerprint density at radius 3 is 2.56 bits per heavy atom. The Labute approximate surface area is 100 Å². The molecule has 0 aromatic carbocycles. The zero-order chi connectivity index (χ0) is 13.3. The molecule has 0 saturated carbocycles. The van der Waals surface area contributed by atoms with Crippen molar-refractivity contribution in [2.45, 2.75) is 13.1 Å². The van der Waals surface area contributed by atoms with Crippen molar-refractivity contribution < 1.29 is 17.9 Å². The molecule has 5 nitrogen and oxygen atoms in total. The number of alkyl halides is 3. The van der Waals surface area contributed by atoms with Gasteiger partial charge in [0.25, 0.3) is 5.95 Å². The third kappa shape index (κ3) is 2.41. The predicted molar refractivity (Wildman–Crippen MR) is 55.4 cm³/mol. The first kappa shape index (κ1) is 12.3. The average molecular weight is 258 g/mol. The molecule has 0 saturated heterocycles. The van der Waals surface area contributed by atoms with E-state index in [9.17, 15) is 13.2 Å². The van der Waals surface area contributed by atoms with Gasteiger partial charge in [0, 0.05) is 18.0 Å². The zero-order valence-corrected chi connectivity index (χ0v) is 9.56. The van der Waals surface area contributed by atoms with Crippen molar-refractivity contribution in [2.24, 2.45) is 0 Å². The fraction of sp³-hybridized carbons (Fsp3) is 0.300. The highest BCUT2D eigenvalue weighted by Gasteiger charge is 2.33. The van der Waals surface area contributed by atoms with Crippen LogP contribution in [0.15, 0.2) is 18.3 Å². The first-order valence-electron chi connectivity index (χ1n) is 4.93. The molecular formula is C10H9F3N4O. The van der Waals surface area contributed by atoms with Crippen LogP contribution in [0.4, 0.5) is 13.2 Å². The maximum Gasteiger partial charge on any atom is 0.435 e. The summed E-state index contributed by atoms with van der Waals surface area (Å²) in [7, 11) is 1.41. The minimum atomic E-state index is -4.49. The summed E-state index contributed by atoms with van der Waals surface area (Å²) in [6.07, 6.45) is -3.34. The maximum absolute atomic E-state index is 12.4.